The van der Waals surface area contributed by atoms with Gasteiger partial charge in [-0.05, 0) is 35.6 Å². The number of carbonyl (C=O) groups excluding carboxylic acids is 2. The van der Waals surface area contributed by atoms with Crippen LogP contribution in [0.1, 0.15) is 25.0 Å². The number of halogens is 1. The summed E-state index contributed by atoms with van der Waals surface area (Å²) in [6, 6.07) is 14.7. The number of hydrogen-bond acceptors (Lipinski definition) is 2. The number of benzene rings is 2. The molecule has 0 saturated heterocycles. The Kier molecular flexibility index (Phi) is 7.79. The summed E-state index contributed by atoms with van der Waals surface area (Å²) in [7, 11) is 0. The van der Waals surface area contributed by atoms with Crippen LogP contribution in [0.2, 0.25) is 0 Å². The molecule has 5 nitrogen and oxygen atoms in total. The van der Waals surface area contributed by atoms with Crippen LogP contribution < -0.4 is 16.0 Å². The fourth-order valence-electron chi connectivity index (χ4n) is 2.60. The highest BCUT2D eigenvalue weighted by Gasteiger charge is 2.23. The number of carbonyl (C=O) groups is 2. The van der Waals surface area contributed by atoms with E-state index in [9.17, 15) is 14.0 Å². The molecule has 6 heteroatoms. The fraction of sp³-hybridized carbons (Fsp3) is 0.333. The van der Waals surface area contributed by atoms with Gasteiger partial charge in [0.25, 0.3) is 0 Å². The van der Waals surface area contributed by atoms with E-state index in [1.807, 2.05) is 44.2 Å². The van der Waals surface area contributed by atoms with Gasteiger partial charge in [-0.15, -0.1) is 0 Å². The Morgan fingerprint density at radius 2 is 1.59 bits per heavy atom. The molecule has 0 fully saturated rings. The fourth-order valence-corrected chi connectivity index (χ4v) is 2.60. The van der Waals surface area contributed by atoms with Gasteiger partial charge in [-0.3, -0.25) is 4.79 Å². The van der Waals surface area contributed by atoms with Gasteiger partial charge in [0.2, 0.25) is 5.91 Å². The van der Waals surface area contributed by atoms with E-state index in [2.05, 4.69) is 16.0 Å². The van der Waals surface area contributed by atoms with Crippen LogP contribution in [0.3, 0.4) is 0 Å². The Morgan fingerprint density at radius 3 is 2.22 bits per heavy atom. The lowest BCUT2D eigenvalue weighted by Crippen LogP contribution is -2.52. The molecule has 0 aromatic heterocycles. The minimum absolute atomic E-state index is 0.0571. The summed E-state index contributed by atoms with van der Waals surface area (Å²) < 4.78 is 12.9. The quantitative estimate of drug-likeness (QED) is 0.668. The van der Waals surface area contributed by atoms with E-state index in [1.54, 1.807) is 12.1 Å². The molecule has 0 heterocycles. The zero-order valence-electron chi connectivity index (χ0n) is 15.7. The van der Waals surface area contributed by atoms with Gasteiger partial charge in [-0.2, -0.15) is 0 Å². The van der Waals surface area contributed by atoms with Crippen molar-refractivity contribution >= 4 is 11.9 Å². The lowest BCUT2D eigenvalue weighted by atomic mass is 10.0. The zero-order chi connectivity index (χ0) is 19.6. The van der Waals surface area contributed by atoms with Crippen molar-refractivity contribution in [2.24, 2.45) is 5.92 Å². The maximum Gasteiger partial charge on any atom is 0.315 e. The molecule has 0 aliphatic heterocycles. The molecule has 2 aromatic carbocycles. The average Bonchev–Trinajstić information content (AvgIpc) is 2.66. The third kappa shape index (κ3) is 7.09. The first-order valence-corrected chi connectivity index (χ1v) is 9.06. The molecule has 1 unspecified atom stereocenters. The van der Waals surface area contributed by atoms with Crippen molar-refractivity contribution in [3.8, 4) is 0 Å². The van der Waals surface area contributed by atoms with Gasteiger partial charge >= 0.3 is 6.03 Å². The van der Waals surface area contributed by atoms with Crippen LogP contribution in [0.4, 0.5) is 9.18 Å². The minimum Gasteiger partial charge on any atom is -0.354 e. The highest BCUT2D eigenvalue weighted by molar-refractivity contribution is 5.87. The molecule has 0 bridgehead atoms. The highest BCUT2D eigenvalue weighted by Crippen LogP contribution is 2.05. The molecule has 0 saturated carbocycles. The van der Waals surface area contributed by atoms with E-state index >= 15 is 0 Å². The maximum atomic E-state index is 12.9. The van der Waals surface area contributed by atoms with E-state index in [-0.39, 0.29) is 23.7 Å². The Labute approximate surface area is 159 Å². The number of amides is 3. The average molecular weight is 371 g/mol. The van der Waals surface area contributed by atoms with Crippen molar-refractivity contribution in [1.82, 2.24) is 16.0 Å². The monoisotopic (exact) mass is 371 g/mol. The summed E-state index contributed by atoms with van der Waals surface area (Å²) in [6.07, 6.45) is 0.594. The van der Waals surface area contributed by atoms with Crippen molar-refractivity contribution in [1.29, 1.82) is 0 Å². The second-order valence-corrected chi connectivity index (χ2v) is 6.70. The molecule has 0 aliphatic carbocycles. The van der Waals surface area contributed by atoms with Crippen LogP contribution in [0.15, 0.2) is 54.6 Å². The number of nitrogens with one attached hydrogen (secondary N) is 3. The van der Waals surface area contributed by atoms with Crippen LogP contribution >= 0.6 is 0 Å². The Hall–Kier alpha value is -2.89. The normalized spacial score (nSPS) is 11.7. The van der Waals surface area contributed by atoms with Gasteiger partial charge in [-0.25, -0.2) is 9.18 Å². The van der Waals surface area contributed by atoms with Gasteiger partial charge in [0.15, 0.2) is 0 Å². The van der Waals surface area contributed by atoms with Crippen molar-refractivity contribution in [3.63, 3.8) is 0 Å². The molecule has 144 valence electrons. The predicted molar refractivity (Wildman–Crippen MR) is 104 cm³/mol. The van der Waals surface area contributed by atoms with Gasteiger partial charge in [0.05, 0.1) is 0 Å². The van der Waals surface area contributed by atoms with E-state index < -0.39 is 6.04 Å². The van der Waals surface area contributed by atoms with Gasteiger partial charge < -0.3 is 16.0 Å². The Bertz CT molecular complexity index is 733. The topological polar surface area (TPSA) is 70.2 Å². The molecule has 2 aromatic rings. The number of rotatable bonds is 8. The third-order valence-electron chi connectivity index (χ3n) is 4.16. The lowest BCUT2D eigenvalue weighted by Gasteiger charge is -2.22. The first-order valence-electron chi connectivity index (χ1n) is 9.06. The maximum absolute atomic E-state index is 12.9. The zero-order valence-corrected chi connectivity index (χ0v) is 15.7. The van der Waals surface area contributed by atoms with E-state index in [4.69, 9.17) is 0 Å². The Balaban J connectivity index is 1.79. The first kappa shape index (κ1) is 20.4. The highest BCUT2D eigenvalue weighted by atomic mass is 19.1. The van der Waals surface area contributed by atoms with Crippen molar-refractivity contribution in [3.05, 3.63) is 71.5 Å². The van der Waals surface area contributed by atoms with Crippen molar-refractivity contribution in [2.75, 3.05) is 6.54 Å². The van der Waals surface area contributed by atoms with Crippen LogP contribution in [0.25, 0.3) is 0 Å². The molecule has 2 rings (SSSR count). The van der Waals surface area contributed by atoms with Gasteiger partial charge in [0, 0.05) is 13.1 Å². The third-order valence-corrected chi connectivity index (χ3v) is 4.16. The van der Waals surface area contributed by atoms with Crippen LogP contribution in [-0.4, -0.2) is 24.5 Å². The summed E-state index contributed by atoms with van der Waals surface area (Å²) in [4.78, 5) is 24.6. The summed E-state index contributed by atoms with van der Waals surface area (Å²) in [5, 5.41) is 8.32. The second-order valence-electron chi connectivity index (χ2n) is 6.70. The predicted octanol–water partition coefficient (Wildman–Crippen LogP) is 3.01. The molecular formula is C21H26FN3O2. The summed E-state index contributed by atoms with van der Waals surface area (Å²) in [5.74, 6) is -0.575. The summed E-state index contributed by atoms with van der Waals surface area (Å²) >= 11 is 0. The molecule has 0 aliphatic rings. The SMILES string of the molecule is CC(C)C(NC(=O)NCc1ccccc1)C(=O)NCCc1ccc(F)cc1. The molecule has 1 atom stereocenters. The minimum atomic E-state index is -0.631. The lowest BCUT2D eigenvalue weighted by molar-refractivity contribution is -0.123. The summed E-state index contributed by atoms with van der Waals surface area (Å²) in [5.41, 5.74) is 1.92. The smallest absolute Gasteiger partial charge is 0.315 e. The first-order chi connectivity index (χ1) is 13.0. The van der Waals surface area contributed by atoms with E-state index in [1.165, 1.54) is 12.1 Å². The standard InChI is InChI=1S/C21H26FN3O2/c1-15(2)19(25-21(27)24-14-17-6-4-3-5-7-17)20(26)23-13-12-16-8-10-18(22)11-9-16/h3-11,15,19H,12-14H2,1-2H3,(H,23,26)(H2,24,25,27). The van der Waals surface area contributed by atoms with E-state index in [0.717, 1.165) is 11.1 Å². The van der Waals surface area contributed by atoms with Crippen molar-refractivity contribution < 1.29 is 14.0 Å². The van der Waals surface area contributed by atoms with Crippen LogP contribution in [-0.2, 0) is 17.8 Å². The second kappa shape index (κ2) is 10.3. The van der Waals surface area contributed by atoms with Crippen LogP contribution in [0, 0.1) is 11.7 Å². The largest absolute Gasteiger partial charge is 0.354 e. The Morgan fingerprint density at radius 1 is 0.926 bits per heavy atom. The van der Waals surface area contributed by atoms with Gasteiger partial charge in [0.1, 0.15) is 11.9 Å². The molecule has 3 amide bonds. The molecule has 0 radical (unpaired) electrons. The summed E-state index contributed by atoms with van der Waals surface area (Å²) in [6.45, 7) is 4.56. The van der Waals surface area contributed by atoms with Crippen LogP contribution in [0.5, 0.6) is 0 Å². The van der Waals surface area contributed by atoms with Crippen molar-refractivity contribution in [2.45, 2.75) is 32.9 Å². The number of urea groups is 1. The number of hydrogen-bond donors (Lipinski definition) is 3. The molecular weight excluding hydrogens is 345 g/mol. The van der Waals surface area contributed by atoms with E-state index in [0.29, 0.717) is 19.5 Å². The molecule has 0 spiro atoms. The van der Waals surface area contributed by atoms with Gasteiger partial charge in [-0.1, -0.05) is 56.3 Å². The molecule has 3 N–H and O–H groups in total. The molecule has 27 heavy (non-hydrogen) atoms.